The van der Waals surface area contributed by atoms with Crippen LogP contribution < -0.4 is 0 Å². The molecule has 3 aliphatic carbocycles. The molecule has 1 heterocycles. The summed E-state index contributed by atoms with van der Waals surface area (Å²) in [4.78, 5) is 53.6. The van der Waals surface area contributed by atoms with Crippen molar-refractivity contribution in [3.63, 3.8) is 0 Å². The summed E-state index contributed by atoms with van der Waals surface area (Å²) in [5.74, 6) is -4.33. The number of nitrogens with zero attached hydrogens (tertiary/aromatic N) is 1. The van der Waals surface area contributed by atoms with E-state index in [0.717, 1.165) is 39.3 Å². The summed E-state index contributed by atoms with van der Waals surface area (Å²) in [6.07, 6.45) is 0. The van der Waals surface area contributed by atoms with E-state index in [1.807, 2.05) is 48.5 Å². The van der Waals surface area contributed by atoms with Crippen LogP contribution in [0.25, 0.3) is 0 Å². The zero-order valence-corrected chi connectivity index (χ0v) is 19.4. The van der Waals surface area contributed by atoms with E-state index in [-0.39, 0.29) is 17.4 Å². The molecule has 2 amide bonds. The SMILES string of the molecule is CC(C(=O)OCC(=O)c1ccc(F)cc1)N1C(=O)C2C3c4ccccc4C(c4ccccc43)C2C1=O. The lowest BCUT2D eigenvalue weighted by atomic mass is 9.55. The Labute approximate surface area is 206 Å². The molecule has 3 aromatic carbocycles. The van der Waals surface area contributed by atoms with Gasteiger partial charge in [-0.05, 0) is 53.4 Å². The number of halogens is 1. The van der Waals surface area contributed by atoms with Crippen LogP contribution in [0.1, 0.15) is 51.4 Å². The van der Waals surface area contributed by atoms with E-state index in [1.54, 1.807) is 0 Å². The molecule has 0 aromatic heterocycles. The molecule has 1 fully saturated rings. The van der Waals surface area contributed by atoms with Crippen molar-refractivity contribution in [2.24, 2.45) is 11.8 Å². The van der Waals surface area contributed by atoms with Crippen molar-refractivity contribution in [3.05, 3.63) is 106 Å². The fourth-order valence-corrected chi connectivity index (χ4v) is 6.16. The van der Waals surface area contributed by atoms with Gasteiger partial charge in [0.2, 0.25) is 11.8 Å². The maximum Gasteiger partial charge on any atom is 0.329 e. The van der Waals surface area contributed by atoms with Gasteiger partial charge in [0.05, 0.1) is 11.8 Å². The lowest BCUT2D eigenvalue weighted by Crippen LogP contribution is -2.45. The molecule has 180 valence electrons. The molecule has 6 nitrogen and oxygen atoms in total. The molecule has 1 aliphatic heterocycles. The highest BCUT2D eigenvalue weighted by Crippen LogP contribution is 2.61. The van der Waals surface area contributed by atoms with E-state index < -0.39 is 53.9 Å². The molecule has 36 heavy (non-hydrogen) atoms. The van der Waals surface area contributed by atoms with Crippen molar-refractivity contribution in [2.45, 2.75) is 24.8 Å². The highest BCUT2D eigenvalue weighted by Gasteiger charge is 2.62. The molecule has 3 unspecified atom stereocenters. The number of ketones is 1. The number of carbonyl (C=O) groups excluding carboxylic acids is 4. The maximum absolute atomic E-state index is 13.7. The monoisotopic (exact) mass is 483 g/mol. The molecule has 3 aromatic rings. The predicted molar refractivity (Wildman–Crippen MR) is 127 cm³/mol. The molecule has 7 rings (SSSR count). The first-order chi connectivity index (χ1) is 17.4. The van der Waals surface area contributed by atoms with Crippen LogP contribution in [-0.4, -0.2) is 41.1 Å². The Kier molecular flexibility index (Phi) is 5.10. The summed E-state index contributed by atoms with van der Waals surface area (Å²) < 4.78 is 18.3. The van der Waals surface area contributed by atoms with Crippen LogP contribution >= 0.6 is 0 Å². The largest absolute Gasteiger partial charge is 0.456 e. The average Bonchev–Trinajstić information content (AvgIpc) is 3.17. The van der Waals surface area contributed by atoms with Gasteiger partial charge < -0.3 is 4.74 Å². The van der Waals surface area contributed by atoms with Crippen molar-refractivity contribution < 1.29 is 28.3 Å². The molecule has 7 heteroatoms. The Bertz CT molecular complexity index is 1320. The minimum absolute atomic E-state index is 0.198. The number of hydrogen-bond donors (Lipinski definition) is 0. The summed E-state index contributed by atoms with van der Waals surface area (Å²) in [7, 11) is 0. The van der Waals surface area contributed by atoms with Crippen LogP contribution in [0.5, 0.6) is 0 Å². The summed E-state index contributed by atoms with van der Waals surface area (Å²) >= 11 is 0. The van der Waals surface area contributed by atoms with Gasteiger partial charge in [0.15, 0.2) is 12.4 Å². The normalized spacial score (nSPS) is 24.1. The molecule has 0 N–H and O–H groups in total. The van der Waals surface area contributed by atoms with Gasteiger partial charge in [0, 0.05) is 17.4 Å². The van der Waals surface area contributed by atoms with E-state index in [4.69, 9.17) is 4.74 Å². The third-order valence-electron chi connectivity index (χ3n) is 7.72. The lowest BCUT2D eigenvalue weighted by Gasteiger charge is -2.45. The Balaban J connectivity index is 1.26. The second-order valence-corrected chi connectivity index (χ2v) is 9.52. The molecule has 0 radical (unpaired) electrons. The zero-order chi connectivity index (χ0) is 25.1. The maximum atomic E-state index is 13.7. The Morgan fingerprint density at radius 3 is 1.69 bits per heavy atom. The van der Waals surface area contributed by atoms with Gasteiger partial charge in [-0.1, -0.05) is 48.5 Å². The zero-order valence-electron chi connectivity index (χ0n) is 19.4. The van der Waals surface area contributed by atoms with E-state index in [0.29, 0.717) is 0 Å². The molecule has 0 saturated carbocycles. The van der Waals surface area contributed by atoms with E-state index >= 15 is 0 Å². The second-order valence-electron chi connectivity index (χ2n) is 9.52. The van der Waals surface area contributed by atoms with Crippen LogP contribution in [0.15, 0.2) is 72.8 Å². The first-order valence-corrected chi connectivity index (χ1v) is 11.9. The first kappa shape index (κ1) is 22.3. The minimum Gasteiger partial charge on any atom is -0.456 e. The molecular formula is C29H22FNO5. The third kappa shape index (κ3) is 3.15. The highest BCUT2D eigenvalue weighted by molar-refractivity contribution is 6.10. The molecule has 2 bridgehead atoms. The number of Topliss-reactive ketones (excluding diaryl/α,β-unsaturated/α-hetero) is 1. The molecule has 0 spiro atoms. The van der Waals surface area contributed by atoms with Gasteiger partial charge in [0.1, 0.15) is 11.9 Å². The Morgan fingerprint density at radius 1 is 0.806 bits per heavy atom. The van der Waals surface area contributed by atoms with Crippen molar-refractivity contribution in [3.8, 4) is 0 Å². The standard InChI is InChI=1S/C29H22FNO5/c1-15(29(35)36-14-22(32)16-10-12-17(30)13-11-16)31-27(33)25-23-18-6-2-3-7-19(18)24(26(25)28(31)34)21-9-5-4-8-20(21)23/h2-13,15,23-26H,14H2,1H3. The Morgan fingerprint density at radius 2 is 1.25 bits per heavy atom. The van der Waals surface area contributed by atoms with Crippen molar-refractivity contribution >= 4 is 23.6 Å². The number of carbonyl (C=O) groups is 4. The third-order valence-corrected chi connectivity index (χ3v) is 7.72. The minimum atomic E-state index is -1.18. The van der Waals surface area contributed by atoms with Crippen LogP contribution in [0, 0.1) is 17.7 Å². The highest BCUT2D eigenvalue weighted by atomic mass is 19.1. The van der Waals surface area contributed by atoms with Crippen LogP contribution in [0.4, 0.5) is 4.39 Å². The van der Waals surface area contributed by atoms with Gasteiger partial charge in [-0.3, -0.25) is 19.3 Å². The summed E-state index contributed by atoms with van der Waals surface area (Å²) in [6.45, 7) is 0.875. The lowest BCUT2D eigenvalue weighted by molar-refractivity contribution is -0.157. The van der Waals surface area contributed by atoms with E-state index in [9.17, 15) is 23.6 Å². The number of ether oxygens (including phenoxy) is 1. The fourth-order valence-electron chi connectivity index (χ4n) is 6.16. The van der Waals surface area contributed by atoms with Crippen molar-refractivity contribution in [1.29, 1.82) is 0 Å². The van der Waals surface area contributed by atoms with Gasteiger partial charge in [0.25, 0.3) is 0 Å². The number of rotatable bonds is 5. The van der Waals surface area contributed by atoms with E-state index in [2.05, 4.69) is 0 Å². The quantitative estimate of drug-likeness (QED) is 0.313. The number of likely N-dealkylation sites (tertiary alicyclic amines) is 1. The smallest absolute Gasteiger partial charge is 0.329 e. The summed E-state index contributed by atoms with van der Waals surface area (Å²) in [6, 6.07) is 19.5. The number of hydrogen-bond acceptors (Lipinski definition) is 5. The Hall–Kier alpha value is -4.13. The fraction of sp³-hybridized carbons (Fsp3) is 0.241. The van der Waals surface area contributed by atoms with Crippen LogP contribution in [-0.2, 0) is 19.1 Å². The van der Waals surface area contributed by atoms with Gasteiger partial charge in [-0.25, -0.2) is 9.18 Å². The molecule has 1 saturated heterocycles. The van der Waals surface area contributed by atoms with Gasteiger partial charge in [-0.2, -0.15) is 0 Å². The van der Waals surface area contributed by atoms with Crippen LogP contribution in [0.3, 0.4) is 0 Å². The topological polar surface area (TPSA) is 80.8 Å². The number of imide groups is 1. The van der Waals surface area contributed by atoms with Gasteiger partial charge >= 0.3 is 5.97 Å². The van der Waals surface area contributed by atoms with Gasteiger partial charge in [-0.15, -0.1) is 0 Å². The van der Waals surface area contributed by atoms with E-state index in [1.165, 1.54) is 19.1 Å². The van der Waals surface area contributed by atoms with Crippen molar-refractivity contribution in [2.75, 3.05) is 6.61 Å². The number of esters is 1. The average molecular weight is 483 g/mol. The predicted octanol–water partition coefficient (Wildman–Crippen LogP) is 3.83. The molecular weight excluding hydrogens is 461 g/mol. The molecule has 3 atom stereocenters. The molecule has 4 aliphatic rings. The summed E-state index contributed by atoms with van der Waals surface area (Å²) in [5.41, 5.74) is 4.38. The van der Waals surface area contributed by atoms with Crippen molar-refractivity contribution in [1.82, 2.24) is 4.90 Å². The first-order valence-electron chi connectivity index (χ1n) is 11.9. The van der Waals surface area contributed by atoms with Crippen LogP contribution in [0.2, 0.25) is 0 Å². The number of benzene rings is 3. The summed E-state index contributed by atoms with van der Waals surface area (Å²) in [5, 5.41) is 0. The second kappa shape index (κ2) is 8.22. The number of amides is 2.